The molecule has 5 nitrogen and oxygen atoms in total. The van der Waals surface area contributed by atoms with E-state index in [1.54, 1.807) is 19.9 Å². The molecule has 0 bridgehead atoms. The molecule has 0 saturated heterocycles. The van der Waals surface area contributed by atoms with E-state index in [9.17, 15) is 24.9 Å². The summed E-state index contributed by atoms with van der Waals surface area (Å²) in [6, 6.07) is 5.77. The molecule has 1 aliphatic carbocycles. The lowest BCUT2D eigenvalue weighted by Gasteiger charge is -2.18. The van der Waals surface area contributed by atoms with E-state index >= 15 is 0 Å². The van der Waals surface area contributed by atoms with Crippen LogP contribution in [0.1, 0.15) is 102 Å². The van der Waals surface area contributed by atoms with Gasteiger partial charge < -0.3 is 15.3 Å². The molecule has 0 radical (unpaired) electrons. The fourth-order valence-electron chi connectivity index (χ4n) is 4.33. The fraction of sp³-hybridized carbons (Fsp3) is 0.692. The van der Waals surface area contributed by atoms with Gasteiger partial charge in [-0.1, -0.05) is 50.7 Å². The van der Waals surface area contributed by atoms with Crippen molar-refractivity contribution >= 4 is 11.9 Å². The minimum atomic E-state index is -0.736. The van der Waals surface area contributed by atoms with Crippen LogP contribution in [0, 0.1) is 10.8 Å². The number of aliphatic carboxylic acids is 2. The summed E-state index contributed by atoms with van der Waals surface area (Å²) < 4.78 is 0. The molecule has 3 N–H and O–H groups in total. The Kier molecular flexibility index (Phi) is 9.39. The lowest BCUT2D eigenvalue weighted by Crippen LogP contribution is -2.23. The normalized spacial score (nSPS) is 15.0. The van der Waals surface area contributed by atoms with E-state index in [0.717, 1.165) is 89.0 Å². The van der Waals surface area contributed by atoms with Gasteiger partial charge in [-0.15, -0.1) is 0 Å². The molecule has 1 fully saturated rings. The third-order valence-corrected chi connectivity index (χ3v) is 6.96. The second-order valence-electron chi connectivity index (χ2n) is 10.0. The van der Waals surface area contributed by atoms with Crippen LogP contribution in [0.2, 0.25) is 0 Å². The Labute approximate surface area is 186 Å². The van der Waals surface area contributed by atoms with Gasteiger partial charge in [0, 0.05) is 0 Å². The Balaban J connectivity index is 1.66. The van der Waals surface area contributed by atoms with E-state index in [2.05, 4.69) is 6.07 Å². The van der Waals surface area contributed by atoms with Gasteiger partial charge in [0.15, 0.2) is 0 Å². The fourth-order valence-corrected chi connectivity index (χ4v) is 4.33. The maximum Gasteiger partial charge on any atom is 0.309 e. The first-order valence-corrected chi connectivity index (χ1v) is 11.9. The molecule has 0 atom stereocenters. The van der Waals surface area contributed by atoms with Crippen LogP contribution in [-0.2, 0) is 22.4 Å². The highest BCUT2D eigenvalue weighted by Crippen LogP contribution is 2.50. The summed E-state index contributed by atoms with van der Waals surface area (Å²) in [5, 5.41) is 28.8. The Morgan fingerprint density at radius 2 is 1.52 bits per heavy atom. The van der Waals surface area contributed by atoms with Gasteiger partial charge >= 0.3 is 11.9 Å². The van der Waals surface area contributed by atoms with Crippen LogP contribution >= 0.6 is 0 Å². The molecule has 5 heteroatoms. The van der Waals surface area contributed by atoms with E-state index in [4.69, 9.17) is 0 Å². The summed E-state index contributed by atoms with van der Waals surface area (Å²) >= 11 is 0. The maximum atomic E-state index is 11.2. The van der Waals surface area contributed by atoms with Crippen LogP contribution in [0.4, 0.5) is 0 Å². The van der Waals surface area contributed by atoms with E-state index in [-0.39, 0.29) is 0 Å². The number of rotatable bonds is 16. The summed E-state index contributed by atoms with van der Waals surface area (Å²) in [5.41, 5.74) is 1.21. The molecule has 0 spiro atoms. The van der Waals surface area contributed by atoms with Crippen LogP contribution in [0.3, 0.4) is 0 Å². The van der Waals surface area contributed by atoms with Crippen molar-refractivity contribution in [3.8, 4) is 5.75 Å². The first-order chi connectivity index (χ1) is 14.7. The Bertz CT molecular complexity index is 733. The number of aromatic hydroxyl groups is 1. The highest BCUT2D eigenvalue weighted by Gasteiger charge is 2.49. The van der Waals surface area contributed by atoms with Gasteiger partial charge in [-0.05, 0) is 82.4 Å². The third-order valence-electron chi connectivity index (χ3n) is 6.96. The zero-order chi connectivity index (χ0) is 22.9. The van der Waals surface area contributed by atoms with Gasteiger partial charge in [0.1, 0.15) is 5.75 Å². The number of unbranched alkanes of at least 4 members (excludes halogenated alkanes) is 6. The summed E-state index contributed by atoms with van der Waals surface area (Å²) in [4.78, 5) is 22.4. The Morgan fingerprint density at radius 1 is 0.903 bits per heavy atom. The second kappa shape index (κ2) is 11.5. The molecular formula is C26H40O5. The third kappa shape index (κ3) is 7.86. The summed E-state index contributed by atoms with van der Waals surface area (Å²) in [7, 11) is 0. The van der Waals surface area contributed by atoms with Gasteiger partial charge in [-0.3, -0.25) is 9.59 Å². The molecule has 0 aliphatic heterocycles. The molecule has 2 rings (SSSR count). The van der Waals surface area contributed by atoms with Gasteiger partial charge in [0.25, 0.3) is 0 Å². The number of hydrogen-bond donors (Lipinski definition) is 3. The van der Waals surface area contributed by atoms with Crippen molar-refractivity contribution < 1.29 is 24.9 Å². The van der Waals surface area contributed by atoms with Crippen molar-refractivity contribution in [1.82, 2.24) is 0 Å². The zero-order valence-corrected chi connectivity index (χ0v) is 19.3. The largest absolute Gasteiger partial charge is 0.508 e. The minimum Gasteiger partial charge on any atom is -0.508 e. The molecule has 0 heterocycles. The predicted molar refractivity (Wildman–Crippen MR) is 122 cm³/mol. The van der Waals surface area contributed by atoms with Crippen LogP contribution in [0.5, 0.6) is 5.75 Å². The van der Waals surface area contributed by atoms with Crippen molar-refractivity contribution in [3.05, 3.63) is 29.3 Å². The molecule has 174 valence electrons. The smallest absolute Gasteiger partial charge is 0.309 e. The molecular weight excluding hydrogens is 392 g/mol. The van der Waals surface area contributed by atoms with Crippen molar-refractivity contribution in [2.45, 2.75) is 104 Å². The quantitative estimate of drug-likeness (QED) is 0.264. The number of phenols is 1. The van der Waals surface area contributed by atoms with Gasteiger partial charge in [0.05, 0.1) is 10.8 Å². The van der Waals surface area contributed by atoms with Crippen molar-refractivity contribution in [2.24, 2.45) is 10.8 Å². The molecule has 0 aromatic heterocycles. The molecule has 1 aliphatic rings. The highest BCUT2D eigenvalue weighted by atomic mass is 16.4. The van der Waals surface area contributed by atoms with Gasteiger partial charge in [-0.25, -0.2) is 0 Å². The maximum absolute atomic E-state index is 11.2. The number of aryl methyl sites for hydroxylation is 1. The molecule has 31 heavy (non-hydrogen) atoms. The molecule has 1 aromatic carbocycles. The van der Waals surface area contributed by atoms with Crippen LogP contribution in [-0.4, -0.2) is 27.3 Å². The van der Waals surface area contributed by atoms with Crippen LogP contribution in [0.25, 0.3) is 0 Å². The Hall–Kier alpha value is -2.04. The number of carboxylic acids is 2. The van der Waals surface area contributed by atoms with Crippen molar-refractivity contribution in [1.29, 1.82) is 0 Å². The van der Waals surface area contributed by atoms with Crippen molar-refractivity contribution in [3.63, 3.8) is 0 Å². The monoisotopic (exact) mass is 432 g/mol. The summed E-state index contributed by atoms with van der Waals surface area (Å²) in [6.07, 6.45) is 13.1. The van der Waals surface area contributed by atoms with Crippen LogP contribution in [0.15, 0.2) is 18.2 Å². The standard InChI is InChI=1S/C26H40O5/c1-25(2,23(28)29)16-9-5-4-8-14-21-20(13-11-15-22(21)27)12-7-3-6-10-17-26(18-19-26)24(30)31/h11,13,15,27H,3-10,12,14,16-19H2,1-2H3,(H,28,29)(H,30,31). The van der Waals surface area contributed by atoms with Gasteiger partial charge in [-0.2, -0.15) is 0 Å². The molecule has 1 aromatic rings. The Morgan fingerprint density at radius 3 is 2.13 bits per heavy atom. The van der Waals surface area contributed by atoms with E-state index in [1.807, 2.05) is 6.07 Å². The van der Waals surface area contributed by atoms with Crippen molar-refractivity contribution in [2.75, 3.05) is 0 Å². The van der Waals surface area contributed by atoms with E-state index in [1.165, 1.54) is 5.56 Å². The lowest BCUT2D eigenvalue weighted by atomic mass is 9.87. The molecule has 1 saturated carbocycles. The SMILES string of the molecule is CC(C)(CCCCCCc1c(O)cccc1CCCCCCC1(C(=O)O)CC1)C(=O)O. The highest BCUT2D eigenvalue weighted by molar-refractivity contribution is 5.77. The number of carboxylic acid groups (broad SMARTS) is 2. The predicted octanol–water partition coefficient (Wildman–Crippen LogP) is 6.35. The average Bonchev–Trinajstić information content (AvgIpc) is 3.50. The number of hydrogen-bond acceptors (Lipinski definition) is 3. The van der Waals surface area contributed by atoms with Crippen LogP contribution < -0.4 is 0 Å². The second-order valence-corrected chi connectivity index (χ2v) is 10.0. The lowest BCUT2D eigenvalue weighted by molar-refractivity contribution is -0.147. The number of benzene rings is 1. The van der Waals surface area contributed by atoms with E-state index in [0.29, 0.717) is 12.2 Å². The minimum absolute atomic E-state index is 0.377. The summed E-state index contributed by atoms with van der Waals surface area (Å²) in [6.45, 7) is 3.56. The first kappa shape index (κ1) is 25.2. The number of phenolic OH excluding ortho intramolecular Hbond substituents is 1. The topological polar surface area (TPSA) is 94.8 Å². The van der Waals surface area contributed by atoms with Gasteiger partial charge in [0.2, 0.25) is 0 Å². The first-order valence-electron chi connectivity index (χ1n) is 11.9. The summed E-state index contributed by atoms with van der Waals surface area (Å²) in [5.74, 6) is -0.982. The number of carbonyl (C=O) groups is 2. The van der Waals surface area contributed by atoms with E-state index < -0.39 is 22.8 Å². The average molecular weight is 433 g/mol. The molecule has 0 amide bonds. The zero-order valence-electron chi connectivity index (χ0n) is 19.3. The molecule has 0 unspecified atom stereocenters.